The van der Waals surface area contributed by atoms with Gasteiger partial charge in [-0.05, 0) is 35.8 Å². The van der Waals surface area contributed by atoms with E-state index in [2.05, 4.69) is 11.0 Å². The summed E-state index contributed by atoms with van der Waals surface area (Å²) in [5, 5.41) is 10.1. The van der Waals surface area contributed by atoms with E-state index in [4.69, 9.17) is 4.74 Å². The lowest BCUT2D eigenvalue weighted by Crippen LogP contribution is -2.28. The molecule has 120 valence electrons. The lowest BCUT2D eigenvalue weighted by atomic mass is 9.99. The molecule has 0 saturated carbocycles. The van der Waals surface area contributed by atoms with Crippen LogP contribution in [0, 0.1) is 5.82 Å². The number of ether oxygens (including phenoxy) is 1. The van der Waals surface area contributed by atoms with Crippen molar-refractivity contribution >= 4 is 5.57 Å². The molecule has 0 atom stereocenters. The number of phenols is 1. The smallest absolute Gasteiger partial charge is 0.123 e. The van der Waals surface area contributed by atoms with Crippen molar-refractivity contribution in [2.24, 2.45) is 0 Å². The summed E-state index contributed by atoms with van der Waals surface area (Å²) in [5.74, 6) is 0.711. The molecular formula is C19H20FNO2. The second kappa shape index (κ2) is 6.84. The lowest BCUT2D eigenvalue weighted by molar-refractivity contribution is 0.288. The molecular weight excluding hydrogens is 293 g/mol. The van der Waals surface area contributed by atoms with Gasteiger partial charge in [-0.3, -0.25) is 4.90 Å². The van der Waals surface area contributed by atoms with Gasteiger partial charge < -0.3 is 9.84 Å². The monoisotopic (exact) mass is 313 g/mol. The number of rotatable bonds is 4. The molecule has 0 saturated heterocycles. The Morgan fingerprint density at radius 3 is 2.57 bits per heavy atom. The summed E-state index contributed by atoms with van der Waals surface area (Å²) in [6.45, 7) is 2.43. The topological polar surface area (TPSA) is 32.7 Å². The van der Waals surface area contributed by atoms with Crippen molar-refractivity contribution in [2.75, 3.05) is 20.2 Å². The number of halogens is 1. The van der Waals surface area contributed by atoms with Crippen LogP contribution >= 0.6 is 0 Å². The van der Waals surface area contributed by atoms with Gasteiger partial charge in [-0.15, -0.1) is 0 Å². The maximum Gasteiger partial charge on any atom is 0.123 e. The Morgan fingerprint density at radius 2 is 1.96 bits per heavy atom. The predicted octanol–water partition coefficient (Wildman–Crippen LogP) is 3.83. The molecule has 0 aromatic heterocycles. The molecule has 2 aromatic rings. The number of phenolic OH excluding ortho intramolecular Hbond substituents is 1. The van der Waals surface area contributed by atoms with Crippen LogP contribution in [-0.2, 0) is 6.54 Å². The summed E-state index contributed by atoms with van der Waals surface area (Å²) < 4.78 is 18.1. The van der Waals surface area contributed by atoms with Crippen molar-refractivity contribution in [1.82, 2.24) is 4.90 Å². The molecule has 0 spiro atoms. The molecule has 0 aliphatic carbocycles. The summed E-state index contributed by atoms with van der Waals surface area (Å²) in [6, 6.07) is 12.0. The average molecular weight is 313 g/mol. The average Bonchev–Trinajstić information content (AvgIpc) is 2.58. The van der Waals surface area contributed by atoms with Gasteiger partial charge in [0.15, 0.2) is 0 Å². The summed E-state index contributed by atoms with van der Waals surface area (Å²) in [4.78, 5) is 2.27. The molecule has 0 bridgehead atoms. The van der Waals surface area contributed by atoms with E-state index in [9.17, 15) is 9.50 Å². The van der Waals surface area contributed by atoms with Gasteiger partial charge in [-0.25, -0.2) is 4.39 Å². The Labute approximate surface area is 135 Å². The fourth-order valence-corrected chi connectivity index (χ4v) is 2.83. The van der Waals surface area contributed by atoms with Gasteiger partial charge in [-0.2, -0.15) is 0 Å². The molecule has 4 heteroatoms. The van der Waals surface area contributed by atoms with Crippen LogP contribution in [0.3, 0.4) is 0 Å². The van der Waals surface area contributed by atoms with Crippen LogP contribution in [0.4, 0.5) is 4.39 Å². The summed E-state index contributed by atoms with van der Waals surface area (Å²) in [6.07, 6.45) is 3.10. The van der Waals surface area contributed by atoms with Gasteiger partial charge >= 0.3 is 0 Å². The Morgan fingerprint density at radius 1 is 1.17 bits per heavy atom. The van der Waals surface area contributed by atoms with Gasteiger partial charge in [0.2, 0.25) is 0 Å². The van der Waals surface area contributed by atoms with Crippen LogP contribution in [0.15, 0.2) is 48.5 Å². The van der Waals surface area contributed by atoms with Crippen LogP contribution in [0.2, 0.25) is 0 Å². The van der Waals surface area contributed by atoms with Gasteiger partial charge in [0, 0.05) is 31.3 Å². The molecule has 0 amide bonds. The minimum absolute atomic E-state index is 0.207. The zero-order chi connectivity index (χ0) is 16.2. The highest BCUT2D eigenvalue weighted by molar-refractivity contribution is 5.66. The van der Waals surface area contributed by atoms with Crippen LogP contribution < -0.4 is 4.74 Å². The SMILES string of the molecule is COc1ccc(CN2CC=C(c3ccc(F)cc3)CC2)c(O)c1. The van der Waals surface area contributed by atoms with Crippen molar-refractivity contribution in [2.45, 2.75) is 13.0 Å². The lowest BCUT2D eigenvalue weighted by Gasteiger charge is -2.26. The van der Waals surface area contributed by atoms with Gasteiger partial charge in [0.25, 0.3) is 0 Å². The van der Waals surface area contributed by atoms with E-state index >= 15 is 0 Å². The maximum atomic E-state index is 13.0. The Balaban J connectivity index is 1.65. The van der Waals surface area contributed by atoms with E-state index in [0.29, 0.717) is 12.3 Å². The van der Waals surface area contributed by atoms with E-state index in [1.165, 1.54) is 17.7 Å². The van der Waals surface area contributed by atoms with Crippen LogP contribution in [0.5, 0.6) is 11.5 Å². The van der Waals surface area contributed by atoms with Crippen molar-refractivity contribution in [1.29, 1.82) is 0 Å². The van der Waals surface area contributed by atoms with E-state index in [1.54, 1.807) is 13.2 Å². The number of benzene rings is 2. The first kappa shape index (κ1) is 15.6. The molecule has 1 heterocycles. The van der Waals surface area contributed by atoms with Crippen molar-refractivity contribution in [3.8, 4) is 11.5 Å². The van der Waals surface area contributed by atoms with Gasteiger partial charge in [0.1, 0.15) is 17.3 Å². The molecule has 0 fully saturated rings. The van der Waals surface area contributed by atoms with Crippen LogP contribution in [0.1, 0.15) is 17.5 Å². The highest BCUT2D eigenvalue weighted by Crippen LogP contribution is 2.27. The zero-order valence-electron chi connectivity index (χ0n) is 13.1. The predicted molar refractivity (Wildman–Crippen MR) is 88.9 cm³/mol. The largest absolute Gasteiger partial charge is 0.507 e. The summed E-state index contributed by atoms with van der Waals surface area (Å²) in [7, 11) is 1.58. The molecule has 1 aliphatic rings. The Hall–Kier alpha value is -2.33. The number of aromatic hydroxyl groups is 1. The number of hydrogen-bond donors (Lipinski definition) is 1. The van der Waals surface area contributed by atoms with Crippen LogP contribution in [0.25, 0.3) is 5.57 Å². The highest BCUT2D eigenvalue weighted by atomic mass is 19.1. The second-order valence-corrected chi connectivity index (χ2v) is 5.72. The molecule has 3 rings (SSSR count). The fourth-order valence-electron chi connectivity index (χ4n) is 2.83. The molecule has 0 radical (unpaired) electrons. The fraction of sp³-hybridized carbons (Fsp3) is 0.263. The first-order valence-electron chi connectivity index (χ1n) is 7.69. The van der Waals surface area contributed by atoms with Crippen molar-refractivity contribution in [3.05, 3.63) is 65.5 Å². The standard InChI is InChI=1S/C19H20FNO2/c1-23-18-7-4-16(19(22)12-18)13-21-10-8-15(9-11-21)14-2-5-17(20)6-3-14/h2-8,12,22H,9-11,13H2,1H3. The summed E-state index contributed by atoms with van der Waals surface area (Å²) >= 11 is 0. The number of nitrogens with zero attached hydrogens (tertiary/aromatic N) is 1. The van der Waals surface area contributed by atoms with E-state index in [0.717, 1.165) is 30.6 Å². The third kappa shape index (κ3) is 3.71. The van der Waals surface area contributed by atoms with E-state index in [-0.39, 0.29) is 11.6 Å². The molecule has 1 N–H and O–H groups in total. The maximum absolute atomic E-state index is 13.0. The molecule has 1 aliphatic heterocycles. The first-order valence-corrected chi connectivity index (χ1v) is 7.69. The number of hydrogen-bond acceptors (Lipinski definition) is 3. The Kier molecular flexibility index (Phi) is 4.63. The minimum atomic E-state index is -0.207. The minimum Gasteiger partial charge on any atom is -0.507 e. The third-order valence-corrected chi connectivity index (χ3v) is 4.19. The van der Waals surface area contributed by atoms with Crippen LogP contribution in [-0.4, -0.2) is 30.2 Å². The normalized spacial score (nSPS) is 15.3. The molecule has 23 heavy (non-hydrogen) atoms. The molecule has 3 nitrogen and oxygen atoms in total. The second-order valence-electron chi connectivity index (χ2n) is 5.72. The first-order chi connectivity index (χ1) is 11.2. The Bertz CT molecular complexity index is 710. The van der Waals surface area contributed by atoms with Crippen molar-refractivity contribution < 1.29 is 14.2 Å². The van der Waals surface area contributed by atoms with Gasteiger partial charge in [-0.1, -0.05) is 24.3 Å². The van der Waals surface area contributed by atoms with E-state index < -0.39 is 0 Å². The molecule has 2 aromatic carbocycles. The van der Waals surface area contributed by atoms with Gasteiger partial charge in [0.05, 0.1) is 7.11 Å². The zero-order valence-corrected chi connectivity index (χ0v) is 13.1. The van der Waals surface area contributed by atoms with E-state index in [1.807, 2.05) is 24.3 Å². The quantitative estimate of drug-likeness (QED) is 0.931. The van der Waals surface area contributed by atoms with Crippen molar-refractivity contribution in [3.63, 3.8) is 0 Å². The molecule has 0 unspecified atom stereocenters. The summed E-state index contributed by atoms with van der Waals surface area (Å²) in [5.41, 5.74) is 3.22. The number of methoxy groups -OCH3 is 1. The highest BCUT2D eigenvalue weighted by Gasteiger charge is 2.15. The third-order valence-electron chi connectivity index (χ3n) is 4.19.